The number of piperidine rings is 1. The molecule has 0 unspecified atom stereocenters. The van der Waals surface area contributed by atoms with E-state index >= 15 is 0 Å². The lowest BCUT2D eigenvalue weighted by atomic mass is 9.86. The minimum absolute atomic E-state index is 0. The number of fused-ring (bicyclic) bond motifs is 1. The number of nitrogens with one attached hydrogen (secondary N) is 1. The van der Waals surface area contributed by atoms with E-state index in [1.807, 2.05) is 52.5 Å². The predicted octanol–water partition coefficient (Wildman–Crippen LogP) is 7.80. The summed E-state index contributed by atoms with van der Waals surface area (Å²) in [6, 6.07) is 8.28. The average Bonchev–Trinajstić information content (AvgIpc) is 3.02. The highest BCUT2D eigenvalue weighted by atomic mass is 35.5. The molecule has 1 fully saturated rings. The molecule has 1 aromatic heterocycles. The first kappa shape index (κ1) is 39.0. The zero-order chi connectivity index (χ0) is 31.2. The summed E-state index contributed by atoms with van der Waals surface area (Å²) in [4.78, 5) is 28.1. The summed E-state index contributed by atoms with van der Waals surface area (Å²) in [7, 11) is 4.93. The van der Waals surface area contributed by atoms with Crippen LogP contribution in [0.25, 0.3) is 10.9 Å². The topological polar surface area (TPSA) is 100 Å². The van der Waals surface area contributed by atoms with Crippen molar-refractivity contribution in [2.45, 2.75) is 73.9 Å². The molecule has 2 N–H and O–H groups in total. The van der Waals surface area contributed by atoms with Gasteiger partial charge in [-0.25, -0.2) is 14.4 Å². The maximum absolute atomic E-state index is 14.5. The van der Waals surface area contributed by atoms with Crippen molar-refractivity contribution in [3.8, 4) is 5.75 Å². The van der Waals surface area contributed by atoms with Crippen molar-refractivity contribution in [3.63, 3.8) is 0 Å². The Hall–Kier alpha value is -3.05. The van der Waals surface area contributed by atoms with E-state index in [-0.39, 0.29) is 18.1 Å². The number of carboxylic acids is 1. The number of anilines is 2. The molecule has 1 aliphatic rings. The van der Waals surface area contributed by atoms with Gasteiger partial charge >= 0.3 is 5.97 Å². The second kappa shape index (κ2) is 19.2. The summed E-state index contributed by atoms with van der Waals surface area (Å²) >= 11 is 5.92. The SMILES string of the molecule is C.CC.CC.CC.COc1cc2ncnc(Nc3cccc(Cl)c3F)c2cc1CN(C)C1(C(=O)O)CCN(OC)CC1. The Bertz CT molecular complexity index is 1240. The van der Waals surface area contributed by atoms with Crippen molar-refractivity contribution in [1.29, 1.82) is 0 Å². The second-order valence-electron chi connectivity index (χ2n) is 8.43. The zero-order valence-corrected chi connectivity index (χ0v) is 26.5. The smallest absolute Gasteiger partial charge is 0.324 e. The number of likely N-dealkylation sites (N-methyl/N-ethyl adjacent to an activating group) is 1. The minimum Gasteiger partial charge on any atom is -0.496 e. The molecule has 1 saturated heterocycles. The summed E-state index contributed by atoms with van der Waals surface area (Å²) in [5.41, 5.74) is 0.477. The lowest BCUT2D eigenvalue weighted by molar-refractivity contribution is -0.179. The van der Waals surface area contributed by atoms with Gasteiger partial charge in [0.15, 0.2) is 5.82 Å². The Balaban J connectivity index is 0.00000226. The van der Waals surface area contributed by atoms with Crippen molar-refractivity contribution in [3.05, 3.63) is 53.1 Å². The van der Waals surface area contributed by atoms with Crippen molar-refractivity contribution < 1.29 is 23.9 Å². The van der Waals surface area contributed by atoms with Crippen LogP contribution in [-0.2, 0) is 16.2 Å². The van der Waals surface area contributed by atoms with E-state index < -0.39 is 17.3 Å². The quantitative estimate of drug-likeness (QED) is 0.265. The van der Waals surface area contributed by atoms with Gasteiger partial charge in [-0.1, -0.05) is 66.6 Å². The molecule has 2 aromatic carbocycles. The molecular formula is C31H49ClFN5O4. The Morgan fingerprint density at radius 1 is 1.12 bits per heavy atom. The van der Waals surface area contributed by atoms with Crippen molar-refractivity contribution in [2.24, 2.45) is 0 Å². The lowest BCUT2D eigenvalue weighted by Crippen LogP contribution is -2.58. The molecule has 0 radical (unpaired) electrons. The largest absolute Gasteiger partial charge is 0.496 e. The van der Waals surface area contributed by atoms with Crippen LogP contribution in [-0.4, -0.2) is 70.9 Å². The molecule has 0 spiro atoms. The maximum Gasteiger partial charge on any atom is 0.324 e. The van der Waals surface area contributed by atoms with E-state index in [4.69, 9.17) is 21.2 Å². The van der Waals surface area contributed by atoms with Crippen LogP contribution in [0.2, 0.25) is 5.02 Å². The number of hydrogen-bond acceptors (Lipinski definition) is 8. The van der Waals surface area contributed by atoms with E-state index in [2.05, 4.69) is 15.3 Å². The number of methoxy groups -OCH3 is 1. The standard InChI is InChI=1S/C24H27ClFN5O4.3C2H6.CH4/c1-30(24(23(32)33)7-9-31(35-3)10-8-24)13-15-11-16-19(12-20(15)34-2)27-14-28-22(16)29-18-6-4-5-17(25)21(18)26;3*1-2;/h4-6,11-12,14H,7-10,13H2,1-3H3,(H,32,33)(H,27,28,29);3*1-2H3;1H4. The van der Waals surface area contributed by atoms with Crippen LogP contribution >= 0.6 is 11.6 Å². The molecule has 0 atom stereocenters. The highest BCUT2D eigenvalue weighted by Crippen LogP contribution is 2.35. The number of carboxylic acid groups (broad SMARTS) is 1. The first-order chi connectivity index (χ1) is 19.8. The molecule has 4 rings (SSSR count). The Morgan fingerprint density at radius 3 is 2.29 bits per heavy atom. The fourth-order valence-corrected chi connectivity index (χ4v) is 4.65. The summed E-state index contributed by atoms with van der Waals surface area (Å²) in [5, 5.41) is 15.5. The number of aliphatic carboxylic acids is 1. The molecule has 0 amide bonds. The Labute approximate surface area is 256 Å². The predicted molar refractivity (Wildman–Crippen MR) is 171 cm³/mol. The van der Waals surface area contributed by atoms with Gasteiger partial charge in [-0.05, 0) is 38.1 Å². The third-order valence-corrected chi connectivity index (χ3v) is 6.88. The molecule has 0 aliphatic carbocycles. The highest BCUT2D eigenvalue weighted by Gasteiger charge is 2.45. The number of nitrogens with zero attached hydrogens (tertiary/aromatic N) is 4. The van der Waals surface area contributed by atoms with Crippen molar-refractivity contribution >= 4 is 40.0 Å². The normalized spacial score (nSPS) is 13.7. The van der Waals surface area contributed by atoms with E-state index in [1.165, 1.54) is 12.4 Å². The van der Waals surface area contributed by atoms with E-state index in [0.717, 1.165) is 5.56 Å². The van der Waals surface area contributed by atoms with E-state index in [1.54, 1.807) is 44.5 Å². The van der Waals surface area contributed by atoms with Gasteiger partial charge in [-0.3, -0.25) is 9.69 Å². The van der Waals surface area contributed by atoms with Gasteiger partial charge in [0.1, 0.15) is 23.4 Å². The molecule has 236 valence electrons. The zero-order valence-electron chi connectivity index (χ0n) is 25.7. The summed E-state index contributed by atoms with van der Waals surface area (Å²) in [6.07, 6.45) is 2.19. The molecule has 42 heavy (non-hydrogen) atoms. The molecular weight excluding hydrogens is 561 g/mol. The van der Waals surface area contributed by atoms with Gasteiger partial charge < -0.3 is 20.0 Å². The van der Waals surface area contributed by atoms with E-state index in [0.29, 0.717) is 54.9 Å². The fourth-order valence-electron chi connectivity index (χ4n) is 4.47. The molecule has 9 nitrogen and oxygen atoms in total. The van der Waals surface area contributed by atoms with Gasteiger partial charge in [0, 0.05) is 36.7 Å². The van der Waals surface area contributed by atoms with Crippen LogP contribution in [0.15, 0.2) is 36.7 Å². The van der Waals surface area contributed by atoms with Crippen LogP contribution in [0.4, 0.5) is 15.9 Å². The van der Waals surface area contributed by atoms with Crippen molar-refractivity contribution in [2.75, 3.05) is 39.7 Å². The molecule has 2 heterocycles. The molecule has 0 bridgehead atoms. The number of hydrogen-bond donors (Lipinski definition) is 2. The monoisotopic (exact) mass is 609 g/mol. The maximum atomic E-state index is 14.5. The number of hydroxylamine groups is 2. The first-order valence-electron chi connectivity index (χ1n) is 14.1. The van der Waals surface area contributed by atoms with E-state index in [9.17, 15) is 14.3 Å². The van der Waals surface area contributed by atoms with Crippen molar-refractivity contribution in [1.82, 2.24) is 19.9 Å². The number of benzene rings is 2. The fraction of sp³-hybridized carbons (Fsp3) is 0.516. The molecule has 11 heteroatoms. The van der Waals surface area contributed by atoms with Gasteiger partial charge in [0.2, 0.25) is 0 Å². The van der Waals surface area contributed by atoms with Crippen LogP contribution < -0.4 is 10.1 Å². The Morgan fingerprint density at radius 2 is 1.74 bits per heavy atom. The third kappa shape index (κ3) is 8.97. The van der Waals surface area contributed by atoms with Gasteiger partial charge in [-0.15, -0.1) is 0 Å². The number of ether oxygens (including phenoxy) is 1. The Kier molecular flexibility index (Phi) is 17.8. The number of halogens is 2. The molecule has 1 aliphatic heterocycles. The van der Waals surface area contributed by atoms with Crippen LogP contribution in [0.5, 0.6) is 5.75 Å². The summed E-state index contributed by atoms with van der Waals surface area (Å²) < 4.78 is 20.1. The molecule has 0 saturated carbocycles. The second-order valence-corrected chi connectivity index (χ2v) is 8.84. The number of aromatic nitrogens is 2. The third-order valence-electron chi connectivity index (χ3n) is 6.59. The molecule has 3 aromatic rings. The summed E-state index contributed by atoms with van der Waals surface area (Å²) in [5.74, 6) is -0.500. The van der Waals surface area contributed by atoms with Crippen LogP contribution in [0, 0.1) is 5.82 Å². The van der Waals surface area contributed by atoms with Gasteiger partial charge in [0.25, 0.3) is 0 Å². The highest BCUT2D eigenvalue weighted by molar-refractivity contribution is 6.31. The van der Waals surface area contributed by atoms with Gasteiger partial charge in [-0.2, -0.15) is 5.06 Å². The number of carbonyl (C=O) groups is 1. The minimum atomic E-state index is -1.05. The van der Waals surface area contributed by atoms with Gasteiger partial charge in [0.05, 0.1) is 30.4 Å². The summed E-state index contributed by atoms with van der Waals surface area (Å²) in [6.45, 7) is 13.3. The number of rotatable bonds is 8. The lowest BCUT2D eigenvalue weighted by Gasteiger charge is -2.43. The average molecular weight is 610 g/mol. The first-order valence-corrected chi connectivity index (χ1v) is 14.4. The van der Waals surface area contributed by atoms with Crippen LogP contribution in [0.3, 0.4) is 0 Å². The van der Waals surface area contributed by atoms with Crippen LogP contribution in [0.1, 0.15) is 67.4 Å².